The molecule has 0 saturated heterocycles. The van der Waals surface area contributed by atoms with Crippen LogP contribution >= 0.6 is 0 Å². The first-order valence-corrected chi connectivity index (χ1v) is 2.57. The summed E-state index contributed by atoms with van der Waals surface area (Å²) in [6.07, 6.45) is 0. The lowest BCUT2D eigenvalue weighted by atomic mass is 10.1. The smallest absolute Gasteiger partial charge is 0.112 e. The fraction of sp³-hybridized carbons (Fsp3) is 1.00. The minimum atomic E-state index is -1.75. The topological polar surface area (TPSA) is 114 Å². The van der Waals surface area contributed by atoms with E-state index >= 15 is 0 Å². The van der Waals surface area contributed by atoms with E-state index in [1.54, 1.807) is 0 Å². The highest BCUT2D eigenvalue weighted by Gasteiger charge is 2.10. The van der Waals surface area contributed by atoms with Gasteiger partial charge in [0.15, 0.2) is 0 Å². The number of aliphatic hydroxyl groups excluding tert-OH is 1. The van der Waals surface area contributed by atoms with Gasteiger partial charge < -0.3 is 26.2 Å². The third-order valence-corrected chi connectivity index (χ3v) is 0.428. The standard InChI is InChI=1S/C4H11NO.NO3/c1-4(2,5)3-6;2-1(3)4/h6H,3,5H2,1-2H3;/q;-1/p+1. The van der Waals surface area contributed by atoms with Gasteiger partial charge in [-0.25, -0.2) is 0 Å². The van der Waals surface area contributed by atoms with E-state index in [1.165, 1.54) is 0 Å². The molecule has 0 heterocycles. The molecule has 0 aliphatic rings. The minimum Gasteiger partial charge on any atom is -0.390 e. The molecule has 0 aromatic carbocycles. The molecule has 4 N–H and O–H groups in total. The molecule has 6 heteroatoms. The van der Waals surface area contributed by atoms with Gasteiger partial charge >= 0.3 is 0 Å². The lowest BCUT2D eigenvalue weighted by Gasteiger charge is -2.07. The van der Waals surface area contributed by atoms with Gasteiger partial charge in [-0.05, 0) is 13.8 Å². The van der Waals surface area contributed by atoms with Crippen molar-refractivity contribution < 1.29 is 15.9 Å². The van der Waals surface area contributed by atoms with Gasteiger partial charge in [-0.15, -0.1) is 0 Å². The van der Waals surface area contributed by atoms with Gasteiger partial charge in [0.25, 0.3) is 0 Å². The second-order valence-electron chi connectivity index (χ2n) is 2.55. The first-order chi connectivity index (χ1) is 4.29. The van der Waals surface area contributed by atoms with Gasteiger partial charge in [0, 0.05) is 0 Å². The molecule has 0 amide bonds. The Morgan fingerprint density at radius 1 is 1.60 bits per heavy atom. The molecule has 0 spiro atoms. The van der Waals surface area contributed by atoms with Crippen molar-refractivity contribution in [2.75, 3.05) is 6.61 Å². The fourth-order valence-corrected chi connectivity index (χ4v) is 0. The zero-order valence-corrected chi connectivity index (χ0v) is 6.03. The van der Waals surface area contributed by atoms with E-state index in [0.29, 0.717) is 0 Å². The maximum absolute atomic E-state index is 8.34. The van der Waals surface area contributed by atoms with E-state index in [2.05, 4.69) is 5.73 Å². The summed E-state index contributed by atoms with van der Waals surface area (Å²) in [4.78, 5) is 8.25. The van der Waals surface area contributed by atoms with Crippen molar-refractivity contribution >= 4 is 0 Å². The second-order valence-corrected chi connectivity index (χ2v) is 2.55. The molecule has 0 aliphatic carbocycles. The first kappa shape index (κ1) is 11.9. The Morgan fingerprint density at radius 3 is 1.70 bits per heavy atom. The number of aliphatic hydroxyl groups is 1. The van der Waals surface area contributed by atoms with Crippen molar-refractivity contribution in [3.8, 4) is 0 Å². The van der Waals surface area contributed by atoms with Crippen LogP contribution in [0.4, 0.5) is 0 Å². The highest BCUT2D eigenvalue weighted by atomic mass is 16.9. The molecule has 0 aromatic rings. The number of hydrogen-bond donors (Lipinski definition) is 2. The summed E-state index contributed by atoms with van der Waals surface area (Å²) in [6, 6.07) is 0. The molecule has 0 radical (unpaired) electrons. The van der Waals surface area contributed by atoms with Crippen molar-refractivity contribution in [1.29, 1.82) is 0 Å². The Kier molecular flexibility index (Phi) is 5.87. The predicted molar refractivity (Wildman–Crippen MR) is 34.4 cm³/mol. The quantitative estimate of drug-likeness (QED) is 0.361. The lowest BCUT2D eigenvalue weighted by molar-refractivity contribution is -0.471. The van der Waals surface area contributed by atoms with E-state index < -0.39 is 5.09 Å². The number of rotatable bonds is 1. The van der Waals surface area contributed by atoms with Crippen LogP contribution in [0.25, 0.3) is 0 Å². The molecule has 0 unspecified atom stereocenters. The van der Waals surface area contributed by atoms with E-state index in [1.807, 2.05) is 13.8 Å². The zero-order valence-electron chi connectivity index (χ0n) is 6.03. The molecule has 0 fully saturated rings. The van der Waals surface area contributed by atoms with Gasteiger partial charge in [0.05, 0.1) is 11.7 Å². The summed E-state index contributed by atoms with van der Waals surface area (Å²) >= 11 is 0. The van der Waals surface area contributed by atoms with Crippen LogP contribution in [0.2, 0.25) is 0 Å². The van der Waals surface area contributed by atoms with Gasteiger partial charge in [0.1, 0.15) is 5.54 Å². The average Bonchev–Trinajstić information content (AvgIpc) is 1.63. The Labute approximate surface area is 58.4 Å². The third-order valence-electron chi connectivity index (χ3n) is 0.428. The van der Waals surface area contributed by atoms with Gasteiger partial charge in [-0.2, -0.15) is 0 Å². The summed E-state index contributed by atoms with van der Waals surface area (Å²) in [5.74, 6) is 0. The Balaban J connectivity index is 0. The largest absolute Gasteiger partial charge is 0.390 e. The van der Waals surface area contributed by atoms with Crippen LogP contribution in [0.15, 0.2) is 0 Å². The molecule has 6 nitrogen and oxygen atoms in total. The van der Waals surface area contributed by atoms with Crippen molar-refractivity contribution in [3.05, 3.63) is 15.3 Å². The SMILES string of the molecule is CC(C)([NH3+])CO.O=[N+]([O-])[O-]. The highest BCUT2D eigenvalue weighted by molar-refractivity contribution is 4.57. The van der Waals surface area contributed by atoms with Crippen LogP contribution in [0.1, 0.15) is 13.8 Å². The van der Waals surface area contributed by atoms with Crippen molar-refractivity contribution in [1.82, 2.24) is 0 Å². The van der Waals surface area contributed by atoms with E-state index in [-0.39, 0.29) is 12.1 Å². The maximum atomic E-state index is 8.34. The zero-order chi connectivity index (χ0) is 8.78. The molecule has 0 rings (SSSR count). The second kappa shape index (κ2) is 4.95. The lowest BCUT2D eigenvalue weighted by Crippen LogP contribution is -2.71. The average molecular weight is 152 g/mol. The third kappa shape index (κ3) is 59.3. The number of hydrogen-bond acceptors (Lipinski definition) is 4. The molecular formula is C4H12N2O4. The monoisotopic (exact) mass is 152 g/mol. The van der Waals surface area contributed by atoms with Gasteiger partial charge in [0.2, 0.25) is 0 Å². The van der Waals surface area contributed by atoms with Crippen LogP contribution in [0, 0.1) is 15.3 Å². The van der Waals surface area contributed by atoms with Gasteiger partial charge in [-0.3, -0.25) is 0 Å². The molecule has 62 valence electrons. The van der Waals surface area contributed by atoms with Crippen molar-refractivity contribution in [2.45, 2.75) is 19.4 Å². The summed E-state index contributed by atoms with van der Waals surface area (Å²) < 4.78 is 0. The molecule has 0 aromatic heterocycles. The van der Waals surface area contributed by atoms with E-state index in [9.17, 15) is 0 Å². The number of quaternary nitrogens is 1. The minimum absolute atomic E-state index is 0.153. The van der Waals surface area contributed by atoms with Crippen molar-refractivity contribution in [2.24, 2.45) is 0 Å². The first-order valence-electron chi connectivity index (χ1n) is 2.57. The van der Waals surface area contributed by atoms with Crippen LogP contribution in [-0.2, 0) is 0 Å². The van der Waals surface area contributed by atoms with Crippen LogP contribution < -0.4 is 5.73 Å². The summed E-state index contributed by atoms with van der Waals surface area (Å²) in [5.41, 5.74) is 3.49. The van der Waals surface area contributed by atoms with E-state index in [4.69, 9.17) is 20.4 Å². The van der Waals surface area contributed by atoms with Gasteiger partial charge in [-0.1, -0.05) is 0 Å². The summed E-state index contributed by atoms with van der Waals surface area (Å²) in [6.45, 7) is 3.92. The fourth-order valence-electron chi connectivity index (χ4n) is 0. The van der Waals surface area contributed by atoms with Crippen LogP contribution in [-0.4, -0.2) is 22.3 Å². The Morgan fingerprint density at radius 2 is 1.70 bits per heavy atom. The van der Waals surface area contributed by atoms with E-state index in [0.717, 1.165) is 0 Å². The molecular weight excluding hydrogens is 140 g/mol. The predicted octanol–water partition coefficient (Wildman–Crippen LogP) is -1.24. The highest BCUT2D eigenvalue weighted by Crippen LogP contribution is 1.86. The van der Waals surface area contributed by atoms with Crippen LogP contribution in [0.3, 0.4) is 0 Å². The molecule has 0 saturated carbocycles. The molecule has 0 atom stereocenters. The molecule has 0 bridgehead atoms. The van der Waals surface area contributed by atoms with Crippen LogP contribution in [0.5, 0.6) is 0 Å². The number of nitrogens with zero attached hydrogens (tertiary/aromatic N) is 1. The Hall–Kier alpha value is -0.880. The summed E-state index contributed by atoms with van der Waals surface area (Å²) in [5, 5.41) is 23.1. The normalized spacial score (nSPS) is 9.60. The summed E-state index contributed by atoms with van der Waals surface area (Å²) in [7, 11) is 0. The Bertz CT molecular complexity index is 93.9. The molecule has 0 aliphatic heterocycles. The molecule has 10 heavy (non-hydrogen) atoms. The maximum Gasteiger partial charge on any atom is 0.112 e. The van der Waals surface area contributed by atoms with Crippen molar-refractivity contribution in [3.63, 3.8) is 0 Å².